The van der Waals surface area contributed by atoms with Gasteiger partial charge in [0.1, 0.15) is 6.54 Å². The number of nitrogens with one attached hydrogen (secondary N) is 1. The number of amides is 1. The molecule has 1 amide bonds. The van der Waals surface area contributed by atoms with Gasteiger partial charge in [0.15, 0.2) is 0 Å². The zero-order chi connectivity index (χ0) is 16.6. The van der Waals surface area contributed by atoms with E-state index in [9.17, 15) is 18.0 Å². The summed E-state index contributed by atoms with van der Waals surface area (Å²) in [6.45, 7) is 2.42. The molecule has 0 bridgehead atoms. The maximum absolute atomic E-state index is 12.5. The summed E-state index contributed by atoms with van der Waals surface area (Å²) in [5, 5.41) is 7.21. The van der Waals surface area contributed by atoms with E-state index in [4.69, 9.17) is 0 Å². The van der Waals surface area contributed by atoms with Crippen molar-refractivity contribution in [2.24, 2.45) is 0 Å². The second-order valence-electron chi connectivity index (χ2n) is 6.49. The molecule has 0 aromatic carbocycles. The number of nitrogens with zero attached hydrogens (tertiary/aromatic N) is 3. The molecule has 5 nitrogen and oxygen atoms in total. The minimum atomic E-state index is -4.33. The second kappa shape index (κ2) is 6.14. The predicted molar refractivity (Wildman–Crippen MR) is 77.9 cm³/mol. The lowest BCUT2D eigenvalue weighted by Crippen LogP contribution is -2.47. The molecule has 8 heteroatoms. The van der Waals surface area contributed by atoms with Crippen molar-refractivity contribution in [3.8, 4) is 0 Å². The van der Waals surface area contributed by atoms with Crippen molar-refractivity contribution in [1.82, 2.24) is 20.0 Å². The Hall–Kier alpha value is -1.57. The van der Waals surface area contributed by atoms with Gasteiger partial charge >= 0.3 is 6.18 Å². The zero-order valence-corrected chi connectivity index (χ0v) is 13.1. The van der Waals surface area contributed by atoms with E-state index in [1.54, 1.807) is 0 Å². The van der Waals surface area contributed by atoms with Crippen molar-refractivity contribution in [2.45, 2.75) is 44.3 Å². The first-order valence-electron chi connectivity index (χ1n) is 7.95. The van der Waals surface area contributed by atoms with Crippen molar-refractivity contribution in [3.05, 3.63) is 17.5 Å². The number of piperidine rings is 1. The van der Waals surface area contributed by atoms with E-state index in [0.717, 1.165) is 35.7 Å². The van der Waals surface area contributed by atoms with Crippen molar-refractivity contribution in [3.63, 3.8) is 0 Å². The number of aryl methyl sites for hydroxylation is 1. The number of alkyl halides is 3. The molecular formula is C15H21F3N4O. The highest BCUT2D eigenvalue weighted by Crippen LogP contribution is 2.30. The molecule has 2 atom stereocenters. The first-order chi connectivity index (χ1) is 10.8. The third-order valence-corrected chi connectivity index (χ3v) is 4.68. The normalized spacial score (nSPS) is 27.0. The molecule has 23 heavy (non-hydrogen) atoms. The number of hydrogen-bond donors (Lipinski definition) is 1. The van der Waals surface area contributed by atoms with E-state index >= 15 is 0 Å². The summed E-state index contributed by atoms with van der Waals surface area (Å²) in [6, 6.07) is 1.58. The number of aromatic nitrogens is 2. The second-order valence-corrected chi connectivity index (χ2v) is 6.49. The minimum absolute atomic E-state index is 0.186. The SMILES string of the molecule is Cc1cc([C@H]2CCCN([C@@H]3CCN(CC(F)(F)F)C3=O)C2)n[nH]1. The summed E-state index contributed by atoms with van der Waals surface area (Å²) in [7, 11) is 0. The fourth-order valence-corrected chi connectivity index (χ4v) is 3.61. The Morgan fingerprint density at radius 1 is 1.35 bits per heavy atom. The molecule has 0 saturated carbocycles. The van der Waals surface area contributed by atoms with Crippen LogP contribution in [-0.4, -0.2) is 64.3 Å². The first-order valence-corrected chi connectivity index (χ1v) is 7.95. The van der Waals surface area contributed by atoms with Crippen LogP contribution in [0, 0.1) is 6.92 Å². The number of halogens is 3. The summed E-state index contributed by atoms with van der Waals surface area (Å²) in [5.41, 5.74) is 1.97. The minimum Gasteiger partial charge on any atom is -0.332 e. The molecular weight excluding hydrogens is 309 g/mol. The Balaban J connectivity index is 1.64. The Morgan fingerprint density at radius 3 is 2.78 bits per heavy atom. The maximum Gasteiger partial charge on any atom is 0.406 e. The molecule has 0 spiro atoms. The van der Waals surface area contributed by atoms with Gasteiger partial charge in [-0.25, -0.2) is 0 Å². The molecule has 3 rings (SSSR count). The molecule has 0 radical (unpaired) electrons. The quantitative estimate of drug-likeness (QED) is 0.923. The van der Waals surface area contributed by atoms with Gasteiger partial charge in [0.2, 0.25) is 5.91 Å². The van der Waals surface area contributed by atoms with Crippen LogP contribution in [0.25, 0.3) is 0 Å². The highest BCUT2D eigenvalue weighted by molar-refractivity contribution is 5.84. The summed E-state index contributed by atoms with van der Waals surface area (Å²) < 4.78 is 37.5. The van der Waals surface area contributed by atoms with Gasteiger partial charge < -0.3 is 4.90 Å². The summed E-state index contributed by atoms with van der Waals surface area (Å²) >= 11 is 0. The van der Waals surface area contributed by atoms with Crippen LogP contribution in [0.4, 0.5) is 13.2 Å². The van der Waals surface area contributed by atoms with E-state index in [2.05, 4.69) is 10.2 Å². The lowest BCUT2D eigenvalue weighted by atomic mass is 9.93. The first kappa shape index (κ1) is 16.3. The van der Waals surface area contributed by atoms with Crippen molar-refractivity contribution in [1.29, 1.82) is 0 Å². The Bertz CT molecular complexity index is 571. The molecule has 0 aliphatic carbocycles. The number of hydrogen-bond acceptors (Lipinski definition) is 3. The van der Waals surface area contributed by atoms with Crippen LogP contribution in [0.3, 0.4) is 0 Å². The topological polar surface area (TPSA) is 52.2 Å². The molecule has 1 aromatic rings. The molecule has 2 aliphatic rings. The molecule has 128 valence electrons. The third kappa shape index (κ3) is 3.68. The van der Waals surface area contributed by atoms with Gasteiger partial charge in [0, 0.05) is 24.7 Å². The molecule has 1 N–H and O–H groups in total. The number of H-pyrrole nitrogens is 1. The van der Waals surface area contributed by atoms with E-state index in [1.165, 1.54) is 0 Å². The molecule has 2 fully saturated rings. The van der Waals surface area contributed by atoms with Crippen LogP contribution in [0.15, 0.2) is 6.07 Å². The Labute approximate surface area is 132 Å². The van der Waals surface area contributed by atoms with Crippen LogP contribution >= 0.6 is 0 Å². The summed E-state index contributed by atoms with van der Waals surface area (Å²) in [6.07, 6.45) is -1.93. The van der Waals surface area contributed by atoms with Crippen molar-refractivity contribution in [2.75, 3.05) is 26.2 Å². The van der Waals surface area contributed by atoms with Gasteiger partial charge in [-0.1, -0.05) is 0 Å². The van der Waals surface area contributed by atoms with Crippen LogP contribution < -0.4 is 0 Å². The van der Waals surface area contributed by atoms with Crippen molar-refractivity contribution >= 4 is 5.91 Å². The van der Waals surface area contributed by atoms with E-state index in [0.29, 0.717) is 13.0 Å². The zero-order valence-electron chi connectivity index (χ0n) is 13.1. The molecule has 1 aromatic heterocycles. The summed E-state index contributed by atoms with van der Waals surface area (Å²) in [5.74, 6) is -0.153. The number of rotatable bonds is 3. The lowest BCUT2D eigenvalue weighted by molar-refractivity contribution is -0.159. The highest BCUT2D eigenvalue weighted by Gasteiger charge is 2.42. The van der Waals surface area contributed by atoms with E-state index < -0.39 is 18.8 Å². The van der Waals surface area contributed by atoms with E-state index in [1.807, 2.05) is 17.9 Å². The van der Waals surface area contributed by atoms with E-state index in [-0.39, 0.29) is 18.4 Å². The van der Waals surface area contributed by atoms with Gasteiger partial charge in [0.25, 0.3) is 0 Å². The van der Waals surface area contributed by atoms with Gasteiger partial charge in [-0.3, -0.25) is 14.8 Å². The van der Waals surface area contributed by atoms with Crippen LogP contribution in [0.1, 0.15) is 36.6 Å². The van der Waals surface area contributed by atoms with Gasteiger partial charge in [-0.2, -0.15) is 18.3 Å². The molecule has 2 aliphatic heterocycles. The average molecular weight is 330 g/mol. The fraction of sp³-hybridized carbons (Fsp3) is 0.733. The van der Waals surface area contributed by atoms with Crippen LogP contribution in [0.5, 0.6) is 0 Å². The van der Waals surface area contributed by atoms with Gasteiger partial charge in [-0.15, -0.1) is 0 Å². The number of aromatic amines is 1. The van der Waals surface area contributed by atoms with Crippen LogP contribution in [-0.2, 0) is 4.79 Å². The average Bonchev–Trinajstić information content (AvgIpc) is 3.05. The lowest BCUT2D eigenvalue weighted by Gasteiger charge is -2.35. The number of carbonyl (C=O) groups excluding carboxylic acids is 1. The molecule has 0 unspecified atom stereocenters. The van der Waals surface area contributed by atoms with Crippen LogP contribution in [0.2, 0.25) is 0 Å². The van der Waals surface area contributed by atoms with Gasteiger partial charge in [-0.05, 0) is 38.8 Å². The highest BCUT2D eigenvalue weighted by atomic mass is 19.4. The fourth-order valence-electron chi connectivity index (χ4n) is 3.61. The largest absolute Gasteiger partial charge is 0.406 e. The third-order valence-electron chi connectivity index (χ3n) is 4.68. The smallest absolute Gasteiger partial charge is 0.332 e. The number of carbonyl (C=O) groups is 1. The predicted octanol–water partition coefficient (Wildman–Crippen LogP) is 2.06. The Morgan fingerprint density at radius 2 is 2.13 bits per heavy atom. The summed E-state index contributed by atoms with van der Waals surface area (Å²) in [4.78, 5) is 15.3. The van der Waals surface area contributed by atoms with Crippen molar-refractivity contribution < 1.29 is 18.0 Å². The maximum atomic E-state index is 12.5. The Kier molecular flexibility index (Phi) is 4.35. The molecule has 3 heterocycles. The monoisotopic (exact) mass is 330 g/mol. The van der Waals surface area contributed by atoms with Gasteiger partial charge in [0.05, 0.1) is 11.7 Å². The molecule has 2 saturated heterocycles. The number of likely N-dealkylation sites (tertiary alicyclic amines) is 2. The standard InChI is InChI=1S/C15H21F3N4O/c1-10-7-12(20-19-10)11-3-2-5-21(8-11)13-4-6-22(14(13)23)9-15(16,17)18/h7,11,13H,2-6,8-9H2,1H3,(H,19,20)/t11-,13+/m0/s1.